The van der Waals surface area contributed by atoms with Crippen molar-refractivity contribution >= 4 is 15.7 Å². The lowest BCUT2D eigenvalue weighted by Gasteiger charge is -2.33. The maximum atomic E-state index is 12.3. The van der Waals surface area contributed by atoms with Gasteiger partial charge >= 0.3 is 0 Å². The van der Waals surface area contributed by atoms with Crippen LogP contribution in [0.5, 0.6) is 0 Å². The lowest BCUT2D eigenvalue weighted by atomic mass is 10.1. The van der Waals surface area contributed by atoms with Crippen molar-refractivity contribution in [1.82, 2.24) is 10.0 Å². The second-order valence-electron chi connectivity index (χ2n) is 5.10. The fourth-order valence-electron chi connectivity index (χ4n) is 2.37. The highest BCUT2D eigenvalue weighted by Gasteiger charge is 2.35. The van der Waals surface area contributed by atoms with Crippen molar-refractivity contribution in [3.05, 3.63) is 11.6 Å². The normalized spacial score (nSPS) is 21.4. The largest absolute Gasteiger partial charge is 0.268 e. The Morgan fingerprint density at radius 2 is 1.84 bits per heavy atom. The van der Waals surface area contributed by atoms with Gasteiger partial charge in [0.2, 0.25) is 0 Å². The maximum Gasteiger partial charge on any atom is 0.261 e. The SMILES string of the molecule is CCC(=CC(=O)N([C@H]1CCS(=O)(=O)C1)N(C)C)CC. The van der Waals surface area contributed by atoms with Crippen molar-refractivity contribution in [2.24, 2.45) is 0 Å². The molecular formula is C13H24N2O3S. The molecule has 0 aromatic rings. The zero-order chi connectivity index (χ0) is 14.6. The first-order valence-corrected chi connectivity index (χ1v) is 8.53. The minimum absolute atomic E-state index is 0.0678. The lowest BCUT2D eigenvalue weighted by molar-refractivity contribution is -0.143. The number of hydrogen-bond donors (Lipinski definition) is 0. The molecule has 6 heteroatoms. The molecule has 0 aromatic carbocycles. The van der Waals surface area contributed by atoms with Crippen molar-refractivity contribution in [3.63, 3.8) is 0 Å². The van der Waals surface area contributed by atoms with E-state index < -0.39 is 9.84 Å². The average molecular weight is 288 g/mol. The second kappa shape index (κ2) is 6.52. The van der Waals surface area contributed by atoms with Gasteiger partial charge < -0.3 is 0 Å². The minimum Gasteiger partial charge on any atom is -0.268 e. The summed E-state index contributed by atoms with van der Waals surface area (Å²) in [6.45, 7) is 4.03. The molecule has 0 N–H and O–H groups in total. The van der Waals surface area contributed by atoms with Crippen LogP contribution in [0.2, 0.25) is 0 Å². The third-order valence-electron chi connectivity index (χ3n) is 3.45. The Bertz CT molecular complexity index is 449. The number of hydrogen-bond acceptors (Lipinski definition) is 4. The molecule has 5 nitrogen and oxygen atoms in total. The molecule has 110 valence electrons. The summed E-state index contributed by atoms with van der Waals surface area (Å²) >= 11 is 0. The molecule has 1 heterocycles. The van der Waals surface area contributed by atoms with Gasteiger partial charge in [-0.3, -0.25) is 9.80 Å². The van der Waals surface area contributed by atoms with Crippen LogP contribution in [0.25, 0.3) is 0 Å². The van der Waals surface area contributed by atoms with E-state index in [4.69, 9.17) is 0 Å². The second-order valence-corrected chi connectivity index (χ2v) is 7.33. The first-order chi connectivity index (χ1) is 8.80. The van der Waals surface area contributed by atoms with Gasteiger partial charge in [0.1, 0.15) is 0 Å². The van der Waals surface area contributed by atoms with Gasteiger partial charge in [0.15, 0.2) is 9.84 Å². The summed E-state index contributed by atoms with van der Waals surface area (Å²) in [6, 6.07) is -0.237. The van der Waals surface area contributed by atoms with Crippen LogP contribution in [-0.4, -0.2) is 56.0 Å². The van der Waals surface area contributed by atoms with E-state index in [0.717, 1.165) is 18.4 Å². The van der Waals surface area contributed by atoms with Gasteiger partial charge in [0.25, 0.3) is 5.91 Å². The Kier molecular flexibility index (Phi) is 5.55. The fraction of sp³-hybridized carbons (Fsp3) is 0.769. The molecule has 19 heavy (non-hydrogen) atoms. The van der Waals surface area contributed by atoms with Crippen molar-refractivity contribution in [1.29, 1.82) is 0 Å². The molecule has 0 radical (unpaired) electrons. The molecule has 1 aliphatic heterocycles. The number of sulfone groups is 1. The van der Waals surface area contributed by atoms with E-state index in [1.54, 1.807) is 30.2 Å². The van der Waals surface area contributed by atoms with Gasteiger partial charge in [-0.25, -0.2) is 13.4 Å². The van der Waals surface area contributed by atoms with Crippen LogP contribution < -0.4 is 0 Å². The van der Waals surface area contributed by atoms with Crippen molar-refractivity contribution in [2.75, 3.05) is 25.6 Å². The molecule has 0 aromatic heterocycles. The molecule has 1 fully saturated rings. The molecule has 1 atom stereocenters. The highest BCUT2D eigenvalue weighted by Crippen LogP contribution is 2.19. The summed E-state index contributed by atoms with van der Waals surface area (Å²) in [7, 11) is 0.556. The maximum absolute atomic E-state index is 12.3. The van der Waals surface area contributed by atoms with E-state index in [0.29, 0.717) is 6.42 Å². The van der Waals surface area contributed by atoms with E-state index in [1.165, 1.54) is 0 Å². The minimum atomic E-state index is -2.99. The smallest absolute Gasteiger partial charge is 0.261 e. The van der Waals surface area contributed by atoms with Crippen molar-refractivity contribution < 1.29 is 13.2 Å². The average Bonchev–Trinajstić information content (AvgIpc) is 2.66. The molecule has 0 unspecified atom stereocenters. The monoisotopic (exact) mass is 288 g/mol. The van der Waals surface area contributed by atoms with Crippen molar-refractivity contribution in [3.8, 4) is 0 Å². The summed E-state index contributed by atoms with van der Waals surface area (Å²) in [5.41, 5.74) is 1.08. The quantitative estimate of drug-likeness (QED) is 0.564. The van der Waals surface area contributed by atoms with Crippen LogP contribution in [0.3, 0.4) is 0 Å². The van der Waals surface area contributed by atoms with Crippen LogP contribution in [0.1, 0.15) is 33.1 Å². The standard InChI is InChI=1S/C13H24N2O3S/c1-5-11(6-2)9-13(16)15(14(3)4)12-7-8-19(17,18)10-12/h9,12H,5-8,10H2,1-4H3/t12-/m0/s1. The number of carbonyl (C=O) groups is 1. The third kappa shape index (κ3) is 4.31. The molecule has 0 aliphatic carbocycles. The van der Waals surface area contributed by atoms with Crippen LogP contribution in [0, 0.1) is 0 Å². The molecular weight excluding hydrogens is 264 g/mol. The van der Waals surface area contributed by atoms with Gasteiger partial charge in [-0.2, -0.15) is 0 Å². The summed E-state index contributed by atoms with van der Waals surface area (Å²) in [4.78, 5) is 12.3. The number of nitrogens with zero attached hydrogens (tertiary/aromatic N) is 2. The van der Waals surface area contributed by atoms with Crippen LogP contribution in [0.4, 0.5) is 0 Å². The predicted octanol–water partition coefficient (Wildman–Crippen LogP) is 1.23. The molecule has 1 saturated heterocycles. The zero-order valence-electron chi connectivity index (χ0n) is 12.2. The van der Waals surface area contributed by atoms with E-state index in [-0.39, 0.29) is 23.5 Å². The number of carbonyl (C=O) groups excluding carboxylic acids is 1. The zero-order valence-corrected chi connectivity index (χ0v) is 13.0. The van der Waals surface area contributed by atoms with Gasteiger partial charge in [-0.1, -0.05) is 19.4 Å². The predicted molar refractivity (Wildman–Crippen MR) is 76.3 cm³/mol. The van der Waals surface area contributed by atoms with E-state index in [1.807, 2.05) is 13.8 Å². The van der Waals surface area contributed by atoms with Crippen LogP contribution in [0.15, 0.2) is 11.6 Å². The first kappa shape index (κ1) is 16.2. The van der Waals surface area contributed by atoms with E-state index in [2.05, 4.69) is 0 Å². The fourth-order valence-corrected chi connectivity index (χ4v) is 4.06. The molecule has 1 aliphatic rings. The van der Waals surface area contributed by atoms with Gasteiger partial charge in [-0.15, -0.1) is 0 Å². The summed E-state index contributed by atoms with van der Waals surface area (Å²) < 4.78 is 23.1. The Morgan fingerprint density at radius 1 is 1.26 bits per heavy atom. The highest BCUT2D eigenvalue weighted by atomic mass is 32.2. The molecule has 0 saturated carbocycles. The summed E-state index contributed by atoms with van der Waals surface area (Å²) in [5, 5.41) is 3.25. The number of allylic oxidation sites excluding steroid dienone is 1. The van der Waals surface area contributed by atoms with Crippen LogP contribution >= 0.6 is 0 Å². The highest BCUT2D eigenvalue weighted by molar-refractivity contribution is 7.91. The Labute approximate surface area is 116 Å². The first-order valence-electron chi connectivity index (χ1n) is 6.71. The molecule has 0 spiro atoms. The molecule has 0 bridgehead atoms. The van der Waals surface area contributed by atoms with Crippen molar-refractivity contribution in [2.45, 2.75) is 39.2 Å². The van der Waals surface area contributed by atoms with Gasteiger partial charge in [0, 0.05) is 20.2 Å². The lowest BCUT2D eigenvalue weighted by Crippen LogP contribution is -2.48. The van der Waals surface area contributed by atoms with E-state index in [9.17, 15) is 13.2 Å². The topological polar surface area (TPSA) is 57.7 Å². The number of hydrazine groups is 1. The number of amides is 1. The Morgan fingerprint density at radius 3 is 2.21 bits per heavy atom. The summed E-state index contributed by atoms with van der Waals surface area (Å²) in [6.07, 6.45) is 3.84. The van der Waals surface area contributed by atoms with Crippen LogP contribution in [-0.2, 0) is 14.6 Å². The Balaban J connectivity index is 2.90. The van der Waals surface area contributed by atoms with Gasteiger partial charge in [-0.05, 0) is 19.3 Å². The third-order valence-corrected chi connectivity index (χ3v) is 5.20. The van der Waals surface area contributed by atoms with Gasteiger partial charge in [0.05, 0.1) is 17.5 Å². The molecule has 1 rings (SSSR count). The molecule has 1 amide bonds. The van der Waals surface area contributed by atoms with E-state index >= 15 is 0 Å². The Hall–Kier alpha value is -0.880. The number of rotatable bonds is 5. The summed E-state index contributed by atoms with van der Waals surface area (Å²) in [5.74, 6) is 0.122.